The minimum absolute atomic E-state index is 0.104. The Balaban J connectivity index is 1.54. The number of benzene rings is 2. The number of unbranched alkanes of at least 4 members (excludes halogenated alkanes) is 1. The highest BCUT2D eigenvalue weighted by atomic mass is 19.2. The molecule has 0 N–H and O–H groups in total. The summed E-state index contributed by atoms with van der Waals surface area (Å²) in [4.78, 5) is 0. The van der Waals surface area contributed by atoms with Crippen LogP contribution in [0.4, 0.5) is 8.78 Å². The SMILES string of the molecule is CCCCC1CCC(COc2ccc(-c3ccc(OC)c(F)c3F)cc2)CO1. The van der Waals surface area contributed by atoms with Crippen molar-refractivity contribution in [2.24, 2.45) is 5.92 Å². The first-order chi connectivity index (χ1) is 13.6. The van der Waals surface area contributed by atoms with Gasteiger partial charge in [-0.05, 0) is 49.1 Å². The van der Waals surface area contributed by atoms with Crippen molar-refractivity contribution < 1.29 is 23.0 Å². The Morgan fingerprint density at radius 2 is 1.82 bits per heavy atom. The Labute approximate surface area is 165 Å². The Hall–Kier alpha value is -2.14. The maximum absolute atomic E-state index is 14.2. The van der Waals surface area contributed by atoms with Crippen LogP contribution in [-0.4, -0.2) is 26.4 Å². The molecular weight excluding hydrogens is 362 g/mol. The van der Waals surface area contributed by atoms with Crippen molar-refractivity contribution in [3.8, 4) is 22.6 Å². The molecule has 2 unspecified atom stereocenters. The predicted octanol–water partition coefficient (Wildman–Crippen LogP) is 6.00. The van der Waals surface area contributed by atoms with E-state index < -0.39 is 11.6 Å². The molecule has 1 heterocycles. The zero-order valence-electron chi connectivity index (χ0n) is 16.5. The van der Waals surface area contributed by atoms with Gasteiger partial charge in [-0.15, -0.1) is 0 Å². The van der Waals surface area contributed by atoms with E-state index in [1.54, 1.807) is 24.3 Å². The number of methoxy groups -OCH3 is 1. The second kappa shape index (κ2) is 9.87. The van der Waals surface area contributed by atoms with Crippen LogP contribution in [0.2, 0.25) is 0 Å². The van der Waals surface area contributed by atoms with Crippen LogP contribution in [0.1, 0.15) is 39.0 Å². The van der Waals surface area contributed by atoms with Crippen LogP contribution in [-0.2, 0) is 4.74 Å². The number of hydrogen-bond donors (Lipinski definition) is 0. The zero-order chi connectivity index (χ0) is 19.9. The lowest BCUT2D eigenvalue weighted by Crippen LogP contribution is -2.29. The number of hydrogen-bond acceptors (Lipinski definition) is 3. The zero-order valence-corrected chi connectivity index (χ0v) is 16.5. The lowest BCUT2D eigenvalue weighted by atomic mass is 9.96. The minimum Gasteiger partial charge on any atom is -0.494 e. The van der Waals surface area contributed by atoms with Gasteiger partial charge in [0.1, 0.15) is 5.75 Å². The van der Waals surface area contributed by atoms with Gasteiger partial charge in [-0.25, -0.2) is 4.39 Å². The minimum atomic E-state index is -0.977. The van der Waals surface area contributed by atoms with Crippen LogP contribution in [0.3, 0.4) is 0 Å². The van der Waals surface area contributed by atoms with E-state index in [9.17, 15) is 8.78 Å². The van der Waals surface area contributed by atoms with E-state index in [2.05, 4.69) is 6.92 Å². The highest BCUT2D eigenvalue weighted by Gasteiger charge is 2.22. The average Bonchev–Trinajstić information content (AvgIpc) is 2.74. The fourth-order valence-corrected chi connectivity index (χ4v) is 3.51. The van der Waals surface area contributed by atoms with Crippen LogP contribution in [0, 0.1) is 17.6 Å². The molecule has 0 spiro atoms. The monoisotopic (exact) mass is 390 g/mol. The maximum Gasteiger partial charge on any atom is 0.201 e. The molecule has 0 saturated carbocycles. The molecule has 3 nitrogen and oxygen atoms in total. The fourth-order valence-electron chi connectivity index (χ4n) is 3.51. The number of ether oxygens (including phenoxy) is 3. The Morgan fingerprint density at radius 1 is 1.04 bits per heavy atom. The van der Waals surface area contributed by atoms with Gasteiger partial charge in [0.15, 0.2) is 11.6 Å². The van der Waals surface area contributed by atoms with Gasteiger partial charge >= 0.3 is 0 Å². The molecule has 1 aliphatic rings. The third-order valence-corrected chi connectivity index (χ3v) is 5.26. The second-order valence-corrected chi connectivity index (χ2v) is 7.32. The van der Waals surface area contributed by atoms with Gasteiger partial charge in [0.25, 0.3) is 0 Å². The summed E-state index contributed by atoms with van der Waals surface area (Å²) in [5.41, 5.74) is 0.787. The summed E-state index contributed by atoms with van der Waals surface area (Å²) in [6.07, 6.45) is 6.17. The summed E-state index contributed by atoms with van der Waals surface area (Å²) < 4.78 is 44.8. The van der Waals surface area contributed by atoms with Crippen molar-refractivity contribution in [2.45, 2.75) is 45.1 Å². The Kier molecular flexibility index (Phi) is 7.26. The summed E-state index contributed by atoms with van der Waals surface area (Å²) in [6.45, 7) is 3.54. The predicted molar refractivity (Wildman–Crippen MR) is 106 cm³/mol. The number of rotatable bonds is 8. The molecule has 0 aliphatic carbocycles. The van der Waals surface area contributed by atoms with E-state index in [0.29, 0.717) is 29.9 Å². The first kappa shape index (κ1) is 20.6. The summed E-state index contributed by atoms with van der Waals surface area (Å²) in [5, 5.41) is 0. The molecule has 2 aromatic carbocycles. The van der Waals surface area contributed by atoms with Crippen LogP contribution in [0.15, 0.2) is 36.4 Å². The van der Waals surface area contributed by atoms with E-state index in [-0.39, 0.29) is 11.3 Å². The van der Waals surface area contributed by atoms with Gasteiger partial charge in [0, 0.05) is 11.5 Å². The molecule has 0 aromatic heterocycles. The average molecular weight is 390 g/mol. The largest absolute Gasteiger partial charge is 0.494 e. The highest BCUT2D eigenvalue weighted by Crippen LogP contribution is 2.31. The molecule has 2 aromatic rings. The maximum atomic E-state index is 14.2. The quantitative estimate of drug-likeness (QED) is 0.553. The van der Waals surface area contributed by atoms with E-state index >= 15 is 0 Å². The third kappa shape index (κ3) is 5.02. The lowest BCUT2D eigenvalue weighted by Gasteiger charge is -2.29. The van der Waals surface area contributed by atoms with Crippen molar-refractivity contribution in [3.63, 3.8) is 0 Å². The van der Waals surface area contributed by atoms with Gasteiger partial charge in [-0.3, -0.25) is 0 Å². The molecule has 2 atom stereocenters. The lowest BCUT2D eigenvalue weighted by molar-refractivity contribution is -0.0312. The van der Waals surface area contributed by atoms with E-state index in [4.69, 9.17) is 14.2 Å². The van der Waals surface area contributed by atoms with Gasteiger partial charge in [0.2, 0.25) is 5.82 Å². The van der Waals surface area contributed by atoms with E-state index in [0.717, 1.165) is 25.9 Å². The van der Waals surface area contributed by atoms with Crippen LogP contribution in [0.5, 0.6) is 11.5 Å². The summed E-state index contributed by atoms with van der Waals surface area (Å²) in [5.74, 6) is -0.885. The smallest absolute Gasteiger partial charge is 0.201 e. The van der Waals surface area contributed by atoms with Crippen molar-refractivity contribution in [3.05, 3.63) is 48.0 Å². The Bertz CT molecular complexity index is 753. The van der Waals surface area contributed by atoms with E-state index in [1.807, 2.05) is 0 Å². The van der Waals surface area contributed by atoms with Crippen molar-refractivity contribution >= 4 is 0 Å². The molecule has 3 rings (SSSR count). The first-order valence-corrected chi connectivity index (χ1v) is 9.99. The molecule has 1 fully saturated rings. The van der Waals surface area contributed by atoms with Crippen LogP contribution >= 0.6 is 0 Å². The second-order valence-electron chi connectivity index (χ2n) is 7.32. The van der Waals surface area contributed by atoms with Crippen molar-refractivity contribution in [1.29, 1.82) is 0 Å². The van der Waals surface area contributed by atoms with Crippen molar-refractivity contribution in [2.75, 3.05) is 20.3 Å². The van der Waals surface area contributed by atoms with Crippen LogP contribution < -0.4 is 9.47 Å². The van der Waals surface area contributed by atoms with Crippen LogP contribution in [0.25, 0.3) is 11.1 Å². The standard InChI is InChI=1S/C23H28F2O3/c1-3-4-5-18-9-6-16(14-27-18)15-28-19-10-7-17(8-11-19)20-12-13-21(26-2)23(25)22(20)24/h7-8,10-13,16,18H,3-6,9,14-15H2,1-2H3. The molecule has 0 amide bonds. The molecule has 5 heteroatoms. The topological polar surface area (TPSA) is 27.7 Å². The normalized spacial score (nSPS) is 19.4. The molecule has 152 valence electrons. The summed E-state index contributed by atoms with van der Waals surface area (Å²) >= 11 is 0. The molecule has 1 saturated heterocycles. The third-order valence-electron chi connectivity index (χ3n) is 5.26. The molecule has 0 bridgehead atoms. The van der Waals surface area contributed by atoms with Gasteiger partial charge in [0.05, 0.1) is 26.4 Å². The summed E-state index contributed by atoms with van der Waals surface area (Å²) in [6, 6.07) is 9.97. The molecular formula is C23H28F2O3. The van der Waals surface area contributed by atoms with Gasteiger partial charge < -0.3 is 14.2 Å². The van der Waals surface area contributed by atoms with Crippen molar-refractivity contribution in [1.82, 2.24) is 0 Å². The fraction of sp³-hybridized carbons (Fsp3) is 0.478. The van der Waals surface area contributed by atoms with E-state index in [1.165, 1.54) is 32.1 Å². The highest BCUT2D eigenvalue weighted by molar-refractivity contribution is 5.66. The Morgan fingerprint density at radius 3 is 2.46 bits per heavy atom. The first-order valence-electron chi connectivity index (χ1n) is 9.99. The van der Waals surface area contributed by atoms with Gasteiger partial charge in [-0.1, -0.05) is 31.9 Å². The van der Waals surface area contributed by atoms with Gasteiger partial charge in [-0.2, -0.15) is 4.39 Å². The number of halogens is 2. The molecule has 0 radical (unpaired) electrons. The molecule has 1 aliphatic heterocycles. The molecule has 28 heavy (non-hydrogen) atoms. The summed E-state index contributed by atoms with van der Waals surface area (Å²) in [7, 11) is 1.31.